The van der Waals surface area contributed by atoms with Gasteiger partial charge in [0.15, 0.2) is 5.79 Å². The smallest absolute Gasteiger partial charge is 0.310 e. The molecule has 0 N–H and O–H groups in total. The molecule has 0 aromatic carbocycles. The summed E-state index contributed by atoms with van der Waals surface area (Å²) in [5, 5.41) is 0. The maximum absolute atomic E-state index is 12.7. The highest BCUT2D eigenvalue weighted by molar-refractivity contribution is 5.75. The molecule has 0 amide bonds. The zero-order valence-electron chi connectivity index (χ0n) is 17.1. The van der Waals surface area contributed by atoms with Crippen molar-refractivity contribution in [3.63, 3.8) is 0 Å². The minimum absolute atomic E-state index is 0.00479. The van der Waals surface area contributed by atoms with Crippen molar-refractivity contribution in [2.75, 3.05) is 13.7 Å². The van der Waals surface area contributed by atoms with Gasteiger partial charge in [0.25, 0.3) is 0 Å². The van der Waals surface area contributed by atoms with Crippen molar-refractivity contribution < 1.29 is 28.5 Å². The van der Waals surface area contributed by atoms with Crippen molar-refractivity contribution >= 4 is 11.9 Å². The summed E-state index contributed by atoms with van der Waals surface area (Å²) in [5.74, 6) is -2.16. The van der Waals surface area contributed by atoms with Gasteiger partial charge < -0.3 is 18.9 Å². The quantitative estimate of drug-likeness (QED) is 0.553. The second-order valence-electron chi connectivity index (χ2n) is 8.94. The van der Waals surface area contributed by atoms with Crippen LogP contribution >= 0.6 is 0 Å². The molecule has 27 heavy (non-hydrogen) atoms. The summed E-state index contributed by atoms with van der Waals surface area (Å²) in [4.78, 5) is 25.1. The summed E-state index contributed by atoms with van der Waals surface area (Å²) in [7, 11) is 1.66. The lowest BCUT2D eigenvalue weighted by atomic mass is 9.72. The van der Waals surface area contributed by atoms with Crippen LogP contribution in [0.5, 0.6) is 0 Å². The fourth-order valence-corrected chi connectivity index (χ4v) is 4.87. The first-order valence-electron chi connectivity index (χ1n) is 9.91. The molecule has 3 saturated heterocycles. The van der Waals surface area contributed by atoms with E-state index in [-0.39, 0.29) is 36.3 Å². The molecule has 3 aliphatic heterocycles. The van der Waals surface area contributed by atoms with E-state index in [1.807, 2.05) is 20.8 Å². The Bertz CT molecular complexity index is 628. The fourth-order valence-electron chi connectivity index (χ4n) is 4.87. The third-order valence-corrected chi connectivity index (χ3v) is 6.51. The Balaban J connectivity index is 2.02. The zero-order chi connectivity index (χ0) is 20.0. The van der Waals surface area contributed by atoms with Crippen LogP contribution in [0.4, 0.5) is 0 Å². The highest BCUT2D eigenvalue weighted by Crippen LogP contribution is 2.51. The van der Waals surface area contributed by atoms with Gasteiger partial charge in [-0.1, -0.05) is 27.4 Å². The first kappa shape index (κ1) is 20.3. The van der Waals surface area contributed by atoms with Crippen molar-refractivity contribution in [3.8, 4) is 0 Å². The van der Waals surface area contributed by atoms with Gasteiger partial charge in [-0.3, -0.25) is 9.59 Å². The van der Waals surface area contributed by atoms with Crippen LogP contribution in [0.1, 0.15) is 53.4 Å². The molecule has 0 saturated carbocycles. The van der Waals surface area contributed by atoms with E-state index in [0.717, 1.165) is 18.4 Å². The average Bonchev–Trinajstić information content (AvgIpc) is 2.96. The molecule has 6 atom stereocenters. The molecule has 152 valence electrons. The molecule has 2 bridgehead atoms. The average molecular weight is 380 g/mol. The van der Waals surface area contributed by atoms with Gasteiger partial charge in [-0.15, -0.1) is 0 Å². The maximum Gasteiger partial charge on any atom is 0.310 e. The minimum atomic E-state index is -0.727. The number of hydrogen-bond acceptors (Lipinski definition) is 6. The van der Waals surface area contributed by atoms with E-state index in [2.05, 4.69) is 13.5 Å². The second kappa shape index (κ2) is 7.21. The summed E-state index contributed by atoms with van der Waals surface area (Å²) in [6, 6.07) is 0. The number of hydrogen-bond donors (Lipinski definition) is 0. The highest BCUT2D eigenvalue weighted by atomic mass is 16.7. The molecule has 0 aliphatic carbocycles. The summed E-state index contributed by atoms with van der Waals surface area (Å²) < 4.78 is 23.6. The van der Waals surface area contributed by atoms with E-state index >= 15 is 0 Å². The van der Waals surface area contributed by atoms with Gasteiger partial charge in [-0.25, -0.2) is 0 Å². The van der Waals surface area contributed by atoms with Crippen molar-refractivity contribution in [3.05, 3.63) is 12.2 Å². The molecule has 0 aromatic heterocycles. The first-order valence-corrected chi connectivity index (χ1v) is 9.91. The number of esters is 2. The van der Waals surface area contributed by atoms with Gasteiger partial charge in [0.1, 0.15) is 12.7 Å². The second-order valence-corrected chi connectivity index (χ2v) is 8.94. The molecular weight excluding hydrogens is 348 g/mol. The van der Waals surface area contributed by atoms with Crippen molar-refractivity contribution in [2.24, 2.45) is 23.7 Å². The standard InChI is InChI=1S/C21H32O6/c1-12(2)18(22)26-16-10-20(5)7-8-21(24-6,27-20)14(4)9-15-17(16)13(3)11-25-19(15)23/h12,14-17H,3,7-11H2,1-2,4-6H3/t14-,15+,16+,17+,20-,21+/m0/s1. The van der Waals surface area contributed by atoms with Crippen LogP contribution in [-0.4, -0.2) is 43.1 Å². The Hall–Kier alpha value is -1.40. The molecule has 0 spiro atoms. The van der Waals surface area contributed by atoms with Crippen LogP contribution in [0.25, 0.3) is 0 Å². The summed E-state index contributed by atoms with van der Waals surface area (Å²) in [5.41, 5.74) is 0.323. The van der Waals surface area contributed by atoms with Gasteiger partial charge in [-0.2, -0.15) is 0 Å². The Morgan fingerprint density at radius 2 is 2.04 bits per heavy atom. The Labute approximate surface area is 161 Å². The van der Waals surface area contributed by atoms with E-state index in [9.17, 15) is 9.59 Å². The lowest BCUT2D eigenvalue weighted by Gasteiger charge is -2.39. The number of rotatable bonds is 3. The molecule has 3 fully saturated rings. The minimum Gasteiger partial charge on any atom is -0.461 e. The van der Waals surface area contributed by atoms with E-state index in [0.29, 0.717) is 12.8 Å². The topological polar surface area (TPSA) is 71.1 Å². The van der Waals surface area contributed by atoms with Crippen LogP contribution in [0.3, 0.4) is 0 Å². The summed E-state index contributed by atoms with van der Waals surface area (Å²) in [6.45, 7) is 12.0. The lowest BCUT2D eigenvalue weighted by Crippen LogP contribution is -2.46. The molecule has 0 unspecified atom stereocenters. The van der Waals surface area contributed by atoms with Gasteiger partial charge >= 0.3 is 11.9 Å². The van der Waals surface area contributed by atoms with Crippen molar-refractivity contribution in [1.82, 2.24) is 0 Å². The number of fused-ring (bicyclic) bond motifs is 3. The number of carbonyl (C=O) groups excluding carboxylic acids is 2. The molecule has 0 aromatic rings. The van der Waals surface area contributed by atoms with E-state index in [1.165, 1.54) is 0 Å². The van der Waals surface area contributed by atoms with Gasteiger partial charge in [0, 0.05) is 31.8 Å². The van der Waals surface area contributed by atoms with Crippen LogP contribution in [0.15, 0.2) is 12.2 Å². The third kappa shape index (κ3) is 3.66. The number of methoxy groups -OCH3 is 1. The molecule has 6 nitrogen and oxygen atoms in total. The number of carbonyl (C=O) groups is 2. The van der Waals surface area contributed by atoms with Crippen molar-refractivity contribution in [1.29, 1.82) is 0 Å². The fraction of sp³-hybridized carbons (Fsp3) is 0.810. The molecule has 3 rings (SSSR count). The Kier molecular flexibility index (Phi) is 5.43. The molecular formula is C21H32O6. The first-order chi connectivity index (χ1) is 12.6. The normalized spacial score (nSPS) is 42.0. The molecule has 3 heterocycles. The van der Waals surface area contributed by atoms with Gasteiger partial charge in [-0.05, 0) is 25.3 Å². The third-order valence-electron chi connectivity index (χ3n) is 6.51. The maximum atomic E-state index is 12.7. The Morgan fingerprint density at radius 1 is 1.33 bits per heavy atom. The van der Waals surface area contributed by atoms with Crippen LogP contribution < -0.4 is 0 Å². The van der Waals surface area contributed by atoms with Crippen LogP contribution in [0.2, 0.25) is 0 Å². The molecule has 0 radical (unpaired) electrons. The van der Waals surface area contributed by atoms with E-state index < -0.39 is 23.4 Å². The summed E-state index contributed by atoms with van der Waals surface area (Å²) >= 11 is 0. The lowest BCUT2D eigenvalue weighted by molar-refractivity contribution is -0.264. The highest BCUT2D eigenvalue weighted by Gasteiger charge is 2.56. The largest absolute Gasteiger partial charge is 0.461 e. The number of ether oxygens (including phenoxy) is 4. The van der Waals surface area contributed by atoms with Gasteiger partial charge in [0.2, 0.25) is 0 Å². The molecule has 3 aliphatic rings. The van der Waals surface area contributed by atoms with Crippen LogP contribution in [-0.2, 0) is 28.5 Å². The van der Waals surface area contributed by atoms with Gasteiger partial charge in [0.05, 0.1) is 17.4 Å². The predicted molar refractivity (Wildman–Crippen MR) is 98.7 cm³/mol. The van der Waals surface area contributed by atoms with Crippen molar-refractivity contribution in [2.45, 2.75) is 70.9 Å². The zero-order valence-corrected chi connectivity index (χ0v) is 17.1. The predicted octanol–water partition coefficient (Wildman–Crippen LogP) is 3.24. The van der Waals surface area contributed by atoms with E-state index in [4.69, 9.17) is 18.9 Å². The summed E-state index contributed by atoms with van der Waals surface area (Å²) in [6.07, 6.45) is 2.15. The Morgan fingerprint density at radius 3 is 2.67 bits per heavy atom. The SMILES string of the molecule is C=C1COC(=O)[C@@H]2C[C@H](C)[C@@]3(OC)CC[C@@](C)(C[C@@H](OC(=O)C(C)C)[C@H]12)O3. The number of cyclic esters (lactones) is 1. The monoisotopic (exact) mass is 380 g/mol. The van der Waals surface area contributed by atoms with E-state index in [1.54, 1.807) is 7.11 Å². The molecule has 6 heteroatoms. The van der Waals surface area contributed by atoms with Crippen LogP contribution in [0, 0.1) is 23.7 Å².